The number of phenolic OH excluding ortho intramolecular Hbond substituents is 1. The highest BCUT2D eigenvalue weighted by atomic mass is 16.5. The van der Waals surface area contributed by atoms with Gasteiger partial charge in [0.2, 0.25) is 0 Å². The summed E-state index contributed by atoms with van der Waals surface area (Å²) in [7, 11) is 3.09. The van der Waals surface area contributed by atoms with Gasteiger partial charge in [-0.05, 0) is 40.7 Å². The molecule has 212 valence electrons. The Labute approximate surface area is 231 Å². The second kappa shape index (κ2) is 12.1. The van der Waals surface area contributed by atoms with Crippen molar-refractivity contribution in [2.75, 3.05) is 46.9 Å². The van der Waals surface area contributed by atoms with E-state index in [0.717, 1.165) is 11.1 Å². The molecule has 0 atom stereocenters. The molecule has 0 radical (unpaired) electrons. The van der Waals surface area contributed by atoms with E-state index in [4.69, 9.17) is 9.47 Å². The van der Waals surface area contributed by atoms with Crippen LogP contribution in [0.4, 0.5) is 0 Å². The lowest BCUT2D eigenvalue weighted by molar-refractivity contribution is -0.122. The van der Waals surface area contributed by atoms with E-state index in [0.29, 0.717) is 48.8 Å². The number of nitrogens with one attached hydrogen (secondary N) is 1. The third-order valence-electron chi connectivity index (χ3n) is 6.87. The Morgan fingerprint density at radius 2 is 1.64 bits per heavy atom. The Morgan fingerprint density at radius 1 is 0.974 bits per heavy atom. The summed E-state index contributed by atoms with van der Waals surface area (Å²) in [5.74, 6) is 0.855. The molecule has 9 heteroatoms. The Hall–Kier alpha value is -3.59. The first-order valence-electron chi connectivity index (χ1n) is 13.2. The molecular formula is C30H42N4O5. The van der Waals surface area contributed by atoms with Crippen molar-refractivity contribution in [1.82, 2.24) is 15.2 Å². The van der Waals surface area contributed by atoms with Crippen molar-refractivity contribution in [3.05, 3.63) is 52.6 Å². The monoisotopic (exact) mass is 538 g/mol. The maximum atomic E-state index is 13.1. The zero-order chi connectivity index (χ0) is 29.0. The van der Waals surface area contributed by atoms with E-state index in [2.05, 4.69) is 52.1 Å². The molecule has 0 unspecified atom stereocenters. The molecule has 0 aliphatic carbocycles. The van der Waals surface area contributed by atoms with E-state index in [1.807, 2.05) is 17.0 Å². The first-order valence-corrected chi connectivity index (χ1v) is 13.2. The molecule has 1 heterocycles. The second-order valence-electron chi connectivity index (χ2n) is 11.9. The van der Waals surface area contributed by atoms with Crippen LogP contribution in [0.25, 0.3) is 0 Å². The largest absolute Gasteiger partial charge is 0.507 e. The van der Waals surface area contributed by atoms with Crippen LogP contribution in [-0.4, -0.2) is 79.9 Å². The van der Waals surface area contributed by atoms with Crippen molar-refractivity contribution >= 4 is 18.0 Å². The average molecular weight is 539 g/mol. The van der Waals surface area contributed by atoms with Gasteiger partial charge in [-0.25, -0.2) is 5.43 Å². The number of piperazine rings is 1. The Balaban J connectivity index is 1.60. The van der Waals surface area contributed by atoms with Gasteiger partial charge in [-0.3, -0.25) is 14.5 Å². The highest BCUT2D eigenvalue weighted by Gasteiger charge is 2.26. The molecule has 39 heavy (non-hydrogen) atoms. The van der Waals surface area contributed by atoms with Crippen LogP contribution in [0, 0.1) is 0 Å². The summed E-state index contributed by atoms with van der Waals surface area (Å²) >= 11 is 0. The quantitative estimate of drug-likeness (QED) is 0.409. The third-order valence-corrected chi connectivity index (χ3v) is 6.87. The van der Waals surface area contributed by atoms with E-state index >= 15 is 0 Å². The van der Waals surface area contributed by atoms with Crippen LogP contribution in [0.2, 0.25) is 0 Å². The topological polar surface area (TPSA) is 104 Å². The van der Waals surface area contributed by atoms with Gasteiger partial charge >= 0.3 is 0 Å². The van der Waals surface area contributed by atoms with Gasteiger partial charge < -0.3 is 19.5 Å². The Morgan fingerprint density at radius 3 is 2.21 bits per heavy atom. The first kappa shape index (κ1) is 30.0. The van der Waals surface area contributed by atoms with E-state index in [1.165, 1.54) is 13.3 Å². The first-order chi connectivity index (χ1) is 18.2. The molecule has 0 bridgehead atoms. The highest BCUT2D eigenvalue weighted by Crippen LogP contribution is 2.37. The van der Waals surface area contributed by atoms with Crippen LogP contribution < -0.4 is 14.9 Å². The Kier molecular flexibility index (Phi) is 9.27. The summed E-state index contributed by atoms with van der Waals surface area (Å²) in [5.41, 5.74) is 5.14. The van der Waals surface area contributed by atoms with E-state index in [9.17, 15) is 14.7 Å². The number of methoxy groups -OCH3 is 2. The molecule has 2 N–H and O–H groups in total. The molecule has 2 amide bonds. The number of rotatable bonds is 7. The molecule has 3 rings (SSSR count). The number of benzene rings is 2. The molecule has 2 aromatic rings. The molecule has 0 aromatic heterocycles. The van der Waals surface area contributed by atoms with Gasteiger partial charge in [-0.1, -0.05) is 47.6 Å². The number of ether oxygens (including phenoxy) is 2. The summed E-state index contributed by atoms with van der Waals surface area (Å²) < 4.78 is 10.6. The van der Waals surface area contributed by atoms with Crippen molar-refractivity contribution in [2.45, 2.75) is 52.4 Å². The molecule has 1 aliphatic heterocycles. The lowest BCUT2D eigenvalue weighted by Gasteiger charge is -2.34. The maximum Gasteiger partial charge on any atom is 0.257 e. The fourth-order valence-corrected chi connectivity index (χ4v) is 4.43. The summed E-state index contributed by atoms with van der Waals surface area (Å²) in [5, 5.41) is 15.0. The summed E-state index contributed by atoms with van der Waals surface area (Å²) in [6.45, 7) is 14.8. The summed E-state index contributed by atoms with van der Waals surface area (Å²) in [6.07, 6.45) is 1.50. The predicted molar refractivity (Wildman–Crippen MR) is 153 cm³/mol. The number of hydrogen-bond acceptors (Lipinski definition) is 7. The summed E-state index contributed by atoms with van der Waals surface area (Å²) in [6, 6.07) is 9.10. The van der Waals surface area contributed by atoms with Gasteiger partial charge in [0, 0.05) is 37.3 Å². The fourth-order valence-electron chi connectivity index (χ4n) is 4.43. The van der Waals surface area contributed by atoms with Crippen LogP contribution >= 0.6 is 0 Å². The van der Waals surface area contributed by atoms with Gasteiger partial charge in [-0.2, -0.15) is 5.10 Å². The number of carbonyl (C=O) groups excluding carboxylic acids is 2. The van der Waals surface area contributed by atoms with Crippen molar-refractivity contribution < 1.29 is 24.2 Å². The minimum Gasteiger partial charge on any atom is -0.507 e. The van der Waals surface area contributed by atoms with Gasteiger partial charge in [0.25, 0.3) is 11.8 Å². The fraction of sp³-hybridized carbons (Fsp3) is 0.500. The van der Waals surface area contributed by atoms with Gasteiger partial charge in [-0.15, -0.1) is 0 Å². The van der Waals surface area contributed by atoms with Gasteiger partial charge in [0.15, 0.2) is 0 Å². The standard InChI is InChI=1S/C30H42N4O5/c1-29(2,3)21-15-20(27(36)24(16-21)30(4,5)6)18-31-32-26(35)19-33-11-13-34(14-12-33)28(37)23-17-22(38-7)9-10-25(23)39-8/h9-10,15-18,36H,11-14,19H2,1-8H3,(H,32,35)/b31-18+. The molecule has 9 nitrogen and oxygen atoms in total. The van der Waals surface area contributed by atoms with Crippen LogP contribution in [0.1, 0.15) is 68.6 Å². The van der Waals surface area contributed by atoms with Crippen molar-refractivity contribution in [3.63, 3.8) is 0 Å². The van der Waals surface area contributed by atoms with E-state index in [1.54, 1.807) is 30.2 Å². The lowest BCUT2D eigenvalue weighted by atomic mass is 9.79. The van der Waals surface area contributed by atoms with Gasteiger partial charge in [0.05, 0.1) is 32.5 Å². The highest BCUT2D eigenvalue weighted by molar-refractivity contribution is 5.97. The zero-order valence-electron chi connectivity index (χ0n) is 24.4. The number of nitrogens with zero attached hydrogens (tertiary/aromatic N) is 3. The molecule has 1 aliphatic rings. The Bertz CT molecular complexity index is 1220. The molecular weight excluding hydrogens is 496 g/mol. The summed E-state index contributed by atoms with van der Waals surface area (Å²) in [4.78, 5) is 29.4. The second-order valence-corrected chi connectivity index (χ2v) is 11.9. The lowest BCUT2D eigenvalue weighted by Crippen LogP contribution is -2.50. The van der Waals surface area contributed by atoms with Crippen molar-refractivity contribution in [2.24, 2.45) is 5.10 Å². The van der Waals surface area contributed by atoms with Crippen LogP contribution in [0.3, 0.4) is 0 Å². The third kappa shape index (κ3) is 7.50. The number of amides is 2. The minimum absolute atomic E-state index is 0.110. The normalized spacial score (nSPS) is 14.9. The molecule has 1 saturated heterocycles. The number of phenols is 1. The number of carbonyl (C=O) groups is 2. The van der Waals surface area contributed by atoms with Crippen LogP contribution in [-0.2, 0) is 15.6 Å². The van der Waals surface area contributed by atoms with Gasteiger partial charge in [0.1, 0.15) is 17.2 Å². The molecule has 0 saturated carbocycles. The molecule has 0 spiro atoms. The number of hydrazone groups is 1. The average Bonchev–Trinajstić information content (AvgIpc) is 2.87. The maximum absolute atomic E-state index is 13.1. The molecule has 2 aromatic carbocycles. The van der Waals surface area contributed by atoms with Crippen molar-refractivity contribution in [3.8, 4) is 17.2 Å². The van der Waals surface area contributed by atoms with Crippen LogP contribution in [0.15, 0.2) is 35.4 Å². The SMILES string of the molecule is COc1ccc(OC)c(C(=O)N2CCN(CC(=O)N/N=C/c3cc(C(C)(C)C)cc(C(C)(C)C)c3O)CC2)c1. The van der Waals surface area contributed by atoms with Crippen molar-refractivity contribution in [1.29, 1.82) is 0 Å². The van der Waals surface area contributed by atoms with E-state index < -0.39 is 0 Å². The van der Waals surface area contributed by atoms with Crippen LogP contribution in [0.5, 0.6) is 17.2 Å². The van der Waals surface area contributed by atoms with E-state index in [-0.39, 0.29) is 34.9 Å². The number of hydrogen-bond donors (Lipinski definition) is 2. The zero-order valence-corrected chi connectivity index (χ0v) is 24.4. The smallest absolute Gasteiger partial charge is 0.257 e. The predicted octanol–water partition coefficient (Wildman–Crippen LogP) is 3.91. The molecule has 1 fully saturated rings. The minimum atomic E-state index is -0.261. The number of aromatic hydroxyl groups is 1.